The molecule has 1 atom stereocenters. The lowest BCUT2D eigenvalue weighted by Crippen LogP contribution is -2.18. The Morgan fingerprint density at radius 1 is 1.26 bits per heavy atom. The maximum Gasteiger partial charge on any atom is 0.122 e. The molecule has 0 aliphatic carbocycles. The van der Waals surface area contributed by atoms with Crippen LogP contribution in [0.25, 0.3) is 0 Å². The van der Waals surface area contributed by atoms with Crippen LogP contribution in [0.4, 0.5) is 0 Å². The fraction of sp³-hybridized carbons (Fsp3) is 0.375. The zero-order valence-electron chi connectivity index (χ0n) is 12.0. The molecule has 0 fully saturated rings. The number of hydrogen-bond donors (Lipinski definition) is 1. The van der Waals surface area contributed by atoms with Crippen LogP contribution in [0.1, 0.15) is 27.6 Å². The van der Waals surface area contributed by atoms with Crippen LogP contribution in [-0.4, -0.2) is 14.2 Å². The Kier molecular flexibility index (Phi) is 4.61. The second-order valence-electron chi connectivity index (χ2n) is 4.83. The monoisotopic (exact) mass is 275 g/mol. The molecule has 2 rings (SSSR count). The molecule has 2 aromatic rings. The van der Waals surface area contributed by atoms with Gasteiger partial charge < -0.3 is 10.1 Å². The standard InChI is InChI=1S/C16H21NOS/c1-11-5-6-15(18-4)13(9-11)10-14(17-3)16-12(2)7-8-19-16/h5-9,14,17H,10H2,1-4H3. The van der Waals surface area contributed by atoms with Crippen LogP contribution < -0.4 is 10.1 Å². The highest BCUT2D eigenvalue weighted by molar-refractivity contribution is 7.10. The molecular formula is C16H21NOS. The highest BCUT2D eigenvalue weighted by Crippen LogP contribution is 2.30. The topological polar surface area (TPSA) is 21.3 Å². The van der Waals surface area contributed by atoms with Crippen molar-refractivity contribution in [3.63, 3.8) is 0 Å². The Labute approximate surface area is 119 Å². The third kappa shape index (κ3) is 3.17. The highest BCUT2D eigenvalue weighted by atomic mass is 32.1. The Morgan fingerprint density at radius 2 is 2.05 bits per heavy atom. The lowest BCUT2D eigenvalue weighted by Gasteiger charge is -2.18. The molecule has 1 unspecified atom stereocenters. The van der Waals surface area contributed by atoms with Gasteiger partial charge in [0.15, 0.2) is 0 Å². The SMILES string of the molecule is CNC(Cc1cc(C)ccc1OC)c1sccc1C. The molecule has 2 nitrogen and oxygen atoms in total. The van der Waals surface area contributed by atoms with E-state index in [0.29, 0.717) is 6.04 Å². The predicted octanol–water partition coefficient (Wildman–Crippen LogP) is 3.88. The van der Waals surface area contributed by atoms with Crippen molar-refractivity contribution in [2.45, 2.75) is 26.3 Å². The van der Waals surface area contributed by atoms with E-state index < -0.39 is 0 Å². The number of thiophene rings is 1. The Hall–Kier alpha value is -1.32. The molecule has 0 amide bonds. The summed E-state index contributed by atoms with van der Waals surface area (Å²) in [5.41, 5.74) is 3.89. The van der Waals surface area contributed by atoms with Gasteiger partial charge in [-0.1, -0.05) is 17.7 Å². The van der Waals surface area contributed by atoms with Gasteiger partial charge in [0.25, 0.3) is 0 Å². The number of benzene rings is 1. The molecule has 102 valence electrons. The molecule has 0 aliphatic heterocycles. The van der Waals surface area contributed by atoms with Crippen molar-refractivity contribution in [3.8, 4) is 5.75 Å². The maximum absolute atomic E-state index is 5.47. The number of aryl methyl sites for hydroxylation is 2. The number of rotatable bonds is 5. The molecule has 0 spiro atoms. The second-order valence-corrected chi connectivity index (χ2v) is 5.78. The first kappa shape index (κ1) is 14.1. The first-order chi connectivity index (χ1) is 9.15. The largest absolute Gasteiger partial charge is 0.496 e. The molecule has 1 N–H and O–H groups in total. The summed E-state index contributed by atoms with van der Waals surface area (Å²) < 4.78 is 5.47. The minimum Gasteiger partial charge on any atom is -0.496 e. The Bertz CT molecular complexity index is 547. The van der Waals surface area contributed by atoms with E-state index in [0.717, 1.165) is 12.2 Å². The lowest BCUT2D eigenvalue weighted by molar-refractivity contribution is 0.406. The van der Waals surface area contributed by atoms with Crippen molar-refractivity contribution in [1.82, 2.24) is 5.32 Å². The van der Waals surface area contributed by atoms with E-state index in [1.807, 2.05) is 18.4 Å². The van der Waals surface area contributed by atoms with Crippen molar-refractivity contribution >= 4 is 11.3 Å². The van der Waals surface area contributed by atoms with Gasteiger partial charge in [-0.05, 0) is 56.0 Å². The summed E-state index contributed by atoms with van der Waals surface area (Å²) in [6.45, 7) is 4.29. The lowest BCUT2D eigenvalue weighted by atomic mass is 10.0. The average Bonchev–Trinajstić information content (AvgIpc) is 2.82. The summed E-state index contributed by atoms with van der Waals surface area (Å²) in [6, 6.07) is 8.88. The van der Waals surface area contributed by atoms with Gasteiger partial charge in [0.2, 0.25) is 0 Å². The first-order valence-electron chi connectivity index (χ1n) is 6.50. The van der Waals surface area contributed by atoms with Crippen LogP contribution in [0.2, 0.25) is 0 Å². The molecule has 0 aliphatic rings. The Morgan fingerprint density at radius 3 is 2.63 bits per heavy atom. The van der Waals surface area contributed by atoms with E-state index >= 15 is 0 Å². The molecule has 0 saturated carbocycles. The van der Waals surface area contributed by atoms with Crippen molar-refractivity contribution < 1.29 is 4.74 Å². The van der Waals surface area contributed by atoms with E-state index in [4.69, 9.17) is 4.74 Å². The van der Waals surface area contributed by atoms with E-state index in [1.165, 1.54) is 21.6 Å². The summed E-state index contributed by atoms with van der Waals surface area (Å²) >= 11 is 1.82. The van der Waals surface area contributed by atoms with E-state index in [9.17, 15) is 0 Å². The summed E-state index contributed by atoms with van der Waals surface area (Å²) in [5.74, 6) is 0.972. The number of methoxy groups -OCH3 is 1. The third-order valence-corrected chi connectivity index (χ3v) is 4.56. The van der Waals surface area contributed by atoms with Gasteiger partial charge in [-0.3, -0.25) is 0 Å². The molecule has 1 heterocycles. The van der Waals surface area contributed by atoms with Crippen LogP contribution in [0.3, 0.4) is 0 Å². The predicted molar refractivity (Wildman–Crippen MR) is 82.3 cm³/mol. The van der Waals surface area contributed by atoms with Gasteiger partial charge in [-0.2, -0.15) is 0 Å². The van der Waals surface area contributed by atoms with Crippen LogP contribution in [0.5, 0.6) is 5.75 Å². The number of hydrogen-bond acceptors (Lipinski definition) is 3. The Balaban J connectivity index is 2.28. The van der Waals surface area contributed by atoms with Gasteiger partial charge in [0, 0.05) is 10.9 Å². The van der Waals surface area contributed by atoms with Gasteiger partial charge in [-0.15, -0.1) is 11.3 Å². The van der Waals surface area contributed by atoms with Crippen molar-refractivity contribution in [2.24, 2.45) is 0 Å². The van der Waals surface area contributed by atoms with Gasteiger partial charge in [0.1, 0.15) is 5.75 Å². The van der Waals surface area contributed by atoms with Crippen LogP contribution in [-0.2, 0) is 6.42 Å². The number of likely N-dealkylation sites (N-methyl/N-ethyl adjacent to an activating group) is 1. The molecule has 0 bridgehead atoms. The second kappa shape index (κ2) is 6.22. The van der Waals surface area contributed by atoms with Gasteiger partial charge >= 0.3 is 0 Å². The summed E-state index contributed by atoms with van der Waals surface area (Å²) in [4.78, 5) is 1.41. The maximum atomic E-state index is 5.47. The van der Waals surface area contributed by atoms with Crippen LogP contribution >= 0.6 is 11.3 Å². The quantitative estimate of drug-likeness (QED) is 0.894. The molecular weight excluding hydrogens is 254 g/mol. The first-order valence-corrected chi connectivity index (χ1v) is 7.38. The molecule has 1 aromatic heterocycles. The molecule has 19 heavy (non-hydrogen) atoms. The zero-order chi connectivity index (χ0) is 13.8. The minimum absolute atomic E-state index is 0.343. The van der Waals surface area contributed by atoms with E-state index in [-0.39, 0.29) is 0 Å². The van der Waals surface area contributed by atoms with Gasteiger partial charge in [-0.25, -0.2) is 0 Å². The number of nitrogens with one attached hydrogen (secondary N) is 1. The number of ether oxygens (including phenoxy) is 1. The summed E-state index contributed by atoms with van der Waals surface area (Å²) in [6.07, 6.45) is 0.947. The van der Waals surface area contributed by atoms with Crippen molar-refractivity contribution in [1.29, 1.82) is 0 Å². The molecule has 0 radical (unpaired) electrons. The highest BCUT2D eigenvalue weighted by Gasteiger charge is 2.16. The average molecular weight is 275 g/mol. The van der Waals surface area contributed by atoms with Crippen molar-refractivity contribution in [3.05, 3.63) is 51.2 Å². The summed E-state index contributed by atoms with van der Waals surface area (Å²) in [7, 11) is 3.75. The van der Waals surface area contributed by atoms with E-state index in [2.05, 4.69) is 48.8 Å². The van der Waals surface area contributed by atoms with Crippen LogP contribution in [0.15, 0.2) is 29.6 Å². The fourth-order valence-corrected chi connectivity index (χ4v) is 3.39. The molecule has 0 saturated heterocycles. The molecule has 3 heteroatoms. The smallest absolute Gasteiger partial charge is 0.122 e. The third-order valence-electron chi connectivity index (χ3n) is 3.43. The zero-order valence-corrected chi connectivity index (χ0v) is 12.8. The molecule has 1 aromatic carbocycles. The minimum atomic E-state index is 0.343. The fourth-order valence-electron chi connectivity index (χ4n) is 2.35. The van der Waals surface area contributed by atoms with Crippen LogP contribution in [0, 0.1) is 13.8 Å². The van der Waals surface area contributed by atoms with Gasteiger partial charge in [0.05, 0.1) is 7.11 Å². The van der Waals surface area contributed by atoms with Crippen molar-refractivity contribution in [2.75, 3.05) is 14.2 Å². The normalized spacial score (nSPS) is 12.4. The van der Waals surface area contributed by atoms with E-state index in [1.54, 1.807) is 7.11 Å². The summed E-state index contributed by atoms with van der Waals surface area (Å²) in [5, 5.41) is 5.57.